The number of hydrogen-bond acceptors (Lipinski definition) is 3. The fourth-order valence-corrected chi connectivity index (χ4v) is 2.22. The van der Waals surface area contributed by atoms with E-state index in [0.717, 1.165) is 30.6 Å². The summed E-state index contributed by atoms with van der Waals surface area (Å²) in [5.74, 6) is 0. The summed E-state index contributed by atoms with van der Waals surface area (Å²) in [6.45, 7) is 7.05. The highest BCUT2D eigenvalue weighted by Crippen LogP contribution is 2.17. The van der Waals surface area contributed by atoms with E-state index in [1.165, 1.54) is 11.1 Å². The molecule has 0 fully saturated rings. The molecule has 0 heterocycles. The lowest BCUT2D eigenvalue weighted by molar-refractivity contribution is -0.0979. The van der Waals surface area contributed by atoms with Gasteiger partial charge in [-0.25, -0.2) is 0 Å². The van der Waals surface area contributed by atoms with Crippen molar-refractivity contribution in [1.82, 2.24) is 5.32 Å². The molecule has 0 unspecified atom stereocenters. The van der Waals surface area contributed by atoms with Crippen LogP contribution in [0.1, 0.15) is 37.0 Å². The summed E-state index contributed by atoms with van der Waals surface area (Å²) in [4.78, 5) is 8.00. The van der Waals surface area contributed by atoms with Gasteiger partial charge < -0.3 is 15.8 Å². The second-order valence-electron chi connectivity index (χ2n) is 4.87. The molecule has 3 heteroatoms. The molecule has 2 aromatic carbocycles. The van der Waals surface area contributed by atoms with Crippen LogP contribution in [0.2, 0.25) is 0 Å². The molecule has 2 rings (SSSR count). The van der Waals surface area contributed by atoms with Gasteiger partial charge in [-0.05, 0) is 49.2 Å². The fraction of sp³-hybridized carbons (Fsp3) is 0.286. The monoisotopic (exact) mass is 326 g/mol. The molecule has 0 saturated carbocycles. The second kappa shape index (κ2) is 14.2. The van der Waals surface area contributed by atoms with Crippen LogP contribution in [0.3, 0.4) is 0 Å². The summed E-state index contributed by atoms with van der Waals surface area (Å²) in [5.41, 5.74) is 10.5. The number of carbonyl (C=O) groups is 1. The summed E-state index contributed by atoms with van der Waals surface area (Å²) < 4.78 is 0. The Hall–Kier alpha value is -2.39. The summed E-state index contributed by atoms with van der Waals surface area (Å²) in [6, 6.07) is 16.5. The Labute approximate surface area is 146 Å². The van der Waals surface area contributed by atoms with E-state index in [4.69, 9.17) is 10.5 Å². The first-order valence-electron chi connectivity index (χ1n) is 8.35. The fourth-order valence-electron chi connectivity index (χ4n) is 2.22. The number of nitrogens with one attached hydrogen (secondary N) is 1. The maximum Gasteiger partial charge on any atom is 0.106 e. The van der Waals surface area contributed by atoms with Crippen LogP contribution >= 0.6 is 0 Å². The molecule has 2 aromatic rings. The SMILES string of the molecule is C=O.CC.CNCCCc1ccccc1/C=C\c1ccccc1N. The average Bonchev–Trinajstić information content (AvgIpc) is 2.65. The van der Waals surface area contributed by atoms with Crippen molar-refractivity contribution in [1.29, 1.82) is 0 Å². The Bertz CT molecular complexity index is 594. The molecule has 0 bridgehead atoms. The zero-order valence-corrected chi connectivity index (χ0v) is 15.1. The second-order valence-corrected chi connectivity index (χ2v) is 4.87. The Morgan fingerprint density at radius 1 is 0.958 bits per heavy atom. The molecule has 0 amide bonds. The van der Waals surface area contributed by atoms with E-state index in [-0.39, 0.29) is 0 Å². The van der Waals surface area contributed by atoms with Crippen molar-refractivity contribution in [2.24, 2.45) is 0 Å². The minimum absolute atomic E-state index is 0.816. The first-order valence-corrected chi connectivity index (χ1v) is 8.35. The molecule has 0 spiro atoms. The third-order valence-electron chi connectivity index (χ3n) is 3.37. The molecule has 0 aliphatic rings. The number of para-hydroxylation sites is 1. The van der Waals surface area contributed by atoms with Gasteiger partial charge in [0.1, 0.15) is 6.79 Å². The van der Waals surface area contributed by atoms with E-state index in [0.29, 0.717) is 0 Å². The molecule has 3 nitrogen and oxygen atoms in total. The highest BCUT2D eigenvalue weighted by atomic mass is 16.1. The predicted octanol–water partition coefficient (Wildman–Crippen LogP) is 4.43. The van der Waals surface area contributed by atoms with Crippen molar-refractivity contribution < 1.29 is 4.79 Å². The quantitative estimate of drug-likeness (QED) is 0.469. The Kier molecular flexibility index (Phi) is 12.8. The number of rotatable bonds is 6. The normalized spacial score (nSPS) is 9.62. The van der Waals surface area contributed by atoms with Crippen LogP contribution in [-0.2, 0) is 11.2 Å². The van der Waals surface area contributed by atoms with Crippen LogP contribution in [0.15, 0.2) is 48.5 Å². The zero-order chi connectivity index (χ0) is 18.2. The van der Waals surface area contributed by atoms with Crippen molar-refractivity contribution in [3.8, 4) is 0 Å². The van der Waals surface area contributed by atoms with E-state index < -0.39 is 0 Å². The van der Waals surface area contributed by atoms with Crippen LogP contribution in [0.25, 0.3) is 12.2 Å². The van der Waals surface area contributed by atoms with E-state index in [1.807, 2.05) is 51.9 Å². The maximum atomic E-state index is 8.00. The van der Waals surface area contributed by atoms with Crippen LogP contribution in [0.5, 0.6) is 0 Å². The predicted molar refractivity (Wildman–Crippen MR) is 107 cm³/mol. The molecule has 0 saturated heterocycles. The van der Waals surface area contributed by atoms with Crippen LogP contribution in [-0.4, -0.2) is 20.4 Å². The largest absolute Gasteiger partial charge is 0.398 e. The highest BCUT2D eigenvalue weighted by Gasteiger charge is 1.99. The lowest BCUT2D eigenvalue weighted by atomic mass is 10.0. The van der Waals surface area contributed by atoms with Gasteiger partial charge in [0, 0.05) is 5.69 Å². The van der Waals surface area contributed by atoms with Crippen LogP contribution in [0, 0.1) is 0 Å². The van der Waals surface area contributed by atoms with Crippen molar-refractivity contribution in [3.05, 3.63) is 65.2 Å². The van der Waals surface area contributed by atoms with Crippen molar-refractivity contribution in [2.75, 3.05) is 19.3 Å². The van der Waals surface area contributed by atoms with Crippen molar-refractivity contribution >= 4 is 24.6 Å². The Morgan fingerprint density at radius 2 is 1.50 bits per heavy atom. The number of aryl methyl sites for hydroxylation is 1. The summed E-state index contributed by atoms with van der Waals surface area (Å²) in [6.07, 6.45) is 6.48. The molecule has 24 heavy (non-hydrogen) atoms. The molecule has 0 aliphatic heterocycles. The first kappa shape index (κ1) is 21.6. The van der Waals surface area contributed by atoms with Gasteiger partial charge in [0.15, 0.2) is 0 Å². The topological polar surface area (TPSA) is 55.1 Å². The number of benzene rings is 2. The third kappa shape index (κ3) is 7.75. The van der Waals surface area contributed by atoms with E-state index >= 15 is 0 Å². The molecular weight excluding hydrogens is 296 g/mol. The van der Waals surface area contributed by atoms with Gasteiger partial charge in [-0.1, -0.05) is 68.5 Å². The molecule has 0 radical (unpaired) electrons. The van der Waals surface area contributed by atoms with Gasteiger partial charge >= 0.3 is 0 Å². The molecule has 0 aromatic heterocycles. The minimum atomic E-state index is 0.816. The number of hydrogen-bond donors (Lipinski definition) is 2. The Balaban J connectivity index is 0.00000123. The molecule has 0 atom stereocenters. The average molecular weight is 326 g/mol. The lowest BCUT2D eigenvalue weighted by Crippen LogP contribution is -2.08. The minimum Gasteiger partial charge on any atom is -0.398 e. The van der Waals surface area contributed by atoms with Crippen LogP contribution in [0.4, 0.5) is 5.69 Å². The van der Waals surface area contributed by atoms with Gasteiger partial charge in [0.2, 0.25) is 0 Å². The first-order chi connectivity index (χ1) is 11.8. The van der Waals surface area contributed by atoms with Gasteiger partial charge in [-0.15, -0.1) is 0 Å². The third-order valence-corrected chi connectivity index (χ3v) is 3.37. The van der Waals surface area contributed by atoms with Gasteiger partial charge in [0.25, 0.3) is 0 Å². The summed E-state index contributed by atoms with van der Waals surface area (Å²) >= 11 is 0. The molecule has 0 aliphatic carbocycles. The van der Waals surface area contributed by atoms with Gasteiger partial charge in [-0.3, -0.25) is 0 Å². The van der Waals surface area contributed by atoms with E-state index in [9.17, 15) is 0 Å². The van der Waals surface area contributed by atoms with E-state index in [2.05, 4.69) is 41.7 Å². The summed E-state index contributed by atoms with van der Waals surface area (Å²) in [7, 11) is 1.99. The molecule has 3 N–H and O–H groups in total. The smallest absolute Gasteiger partial charge is 0.106 e. The number of nitrogens with two attached hydrogens (primary N) is 1. The van der Waals surface area contributed by atoms with Crippen molar-refractivity contribution in [2.45, 2.75) is 26.7 Å². The van der Waals surface area contributed by atoms with E-state index in [1.54, 1.807) is 0 Å². The van der Waals surface area contributed by atoms with Gasteiger partial charge in [0.05, 0.1) is 0 Å². The lowest BCUT2D eigenvalue weighted by Gasteiger charge is -2.06. The Morgan fingerprint density at radius 3 is 2.12 bits per heavy atom. The number of anilines is 1. The maximum absolute atomic E-state index is 8.00. The zero-order valence-electron chi connectivity index (χ0n) is 15.1. The summed E-state index contributed by atoms with van der Waals surface area (Å²) in [5, 5.41) is 3.19. The standard InChI is InChI=1S/C18H22N2.C2H6.CH2O/c1-20-14-6-10-15-7-2-3-8-16(15)12-13-17-9-4-5-11-18(17)19;2*1-2/h2-5,7-9,11-13,20H,6,10,14,19H2,1H3;1-2H3;1H2/b13-12-;;. The van der Waals surface area contributed by atoms with Crippen molar-refractivity contribution in [3.63, 3.8) is 0 Å². The van der Waals surface area contributed by atoms with Gasteiger partial charge in [-0.2, -0.15) is 0 Å². The van der Waals surface area contributed by atoms with Crippen LogP contribution < -0.4 is 11.1 Å². The highest BCUT2D eigenvalue weighted by molar-refractivity contribution is 5.76. The number of carbonyl (C=O) groups excluding carboxylic acids is 1. The molecule has 130 valence electrons. The molecular formula is C21H30N2O. The number of nitrogen functional groups attached to an aromatic ring is 1.